The molecule has 0 aliphatic heterocycles. The van der Waals surface area contributed by atoms with Gasteiger partial charge in [-0.2, -0.15) is 0 Å². The van der Waals surface area contributed by atoms with Gasteiger partial charge >= 0.3 is 0 Å². The van der Waals surface area contributed by atoms with Gasteiger partial charge in [0, 0.05) is 18.3 Å². The molecular weight excluding hydrogens is 272 g/mol. The van der Waals surface area contributed by atoms with Crippen molar-refractivity contribution in [1.29, 1.82) is 0 Å². The lowest BCUT2D eigenvalue weighted by molar-refractivity contribution is 0.305. The number of nitrogens with zero attached hydrogens (tertiary/aromatic N) is 3. The van der Waals surface area contributed by atoms with Gasteiger partial charge < -0.3 is 10.1 Å². The molecule has 2 aromatic heterocycles. The average molecular weight is 292 g/mol. The minimum Gasteiger partial charge on any atom is -0.477 e. The highest BCUT2D eigenvalue weighted by molar-refractivity contribution is 7.09. The third kappa shape index (κ3) is 3.25. The molecule has 0 aliphatic rings. The van der Waals surface area contributed by atoms with Gasteiger partial charge in [-0.05, 0) is 12.8 Å². The van der Waals surface area contributed by atoms with Crippen LogP contribution in [0.3, 0.4) is 0 Å². The number of aryl methyl sites for hydroxylation is 1. The topological polar surface area (TPSA) is 59.9 Å². The molecule has 0 saturated heterocycles. The van der Waals surface area contributed by atoms with Gasteiger partial charge in [0.05, 0.1) is 23.4 Å². The highest BCUT2D eigenvalue weighted by Gasteiger charge is 2.15. The van der Waals surface area contributed by atoms with Crippen molar-refractivity contribution in [3.8, 4) is 5.88 Å². The molecule has 0 aliphatic carbocycles. The SMILES string of the molecule is CNc1ncnc(OCCc2scnc2C)c1C(C)C. The molecule has 0 fully saturated rings. The summed E-state index contributed by atoms with van der Waals surface area (Å²) in [7, 11) is 1.86. The van der Waals surface area contributed by atoms with Crippen molar-refractivity contribution >= 4 is 17.2 Å². The summed E-state index contributed by atoms with van der Waals surface area (Å²) in [6.45, 7) is 6.84. The van der Waals surface area contributed by atoms with E-state index in [9.17, 15) is 0 Å². The average Bonchev–Trinajstić information content (AvgIpc) is 2.84. The van der Waals surface area contributed by atoms with Gasteiger partial charge in [0.2, 0.25) is 5.88 Å². The Labute approximate surface area is 123 Å². The van der Waals surface area contributed by atoms with E-state index >= 15 is 0 Å². The summed E-state index contributed by atoms with van der Waals surface area (Å²) in [6, 6.07) is 0. The van der Waals surface area contributed by atoms with Crippen molar-refractivity contribution in [2.45, 2.75) is 33.1 Å². The molecule has 108 valence electrons. The number of ether oxygens (including phenoxy) is 1. The van der Waals surface area contributed by atoms with Crippen LogP contribution in [0.5, 0.6) is 5.88 Å². The number of thiazole rings is 1. The van der Waals surface area contributed by atoms with E-state index in [1.165, 1.54) is 11.2 Å². The van der Waals surface area contributed by atoms with Crippen LogP contribution in [0.2, 0.25) is 0 Å². The molecule has 6 heteroatoms. The van der Waals surface area contributed by atoms with E-state index in [4.69, 9.17) is 4.74 Å². The fourth-order valence-corrected chi connectivity index (χ4v) is 2.78. The molecule has 0 spiro atoms. The lowest BCUT2D eigenvalue weighted by Gasteiger charge is -2.15. The van der Waals surface area contributed by atoms with Crippen LogP contribution in [0.25, 0.3) is 0 Å². The first-order valence-electron chi connectivity index (χ1n) is 6.67. The maximum absolute atomic E-state index is 5.86. The van der Waals surface area contributed by atoms with E-state index < -0.39 is 0 Å². The molecule has 2 heterocycles. The van der Waals surface area contributed by atoms with Gasteiger partial charge in [0.15, 0.2) is 0 Å². The zero-order valence-electron chi connectivity index (χ0n) is 12.3. The Morgan fingerprint density at radius 3 is 2.70 bits per heavy atom. The first-order valence-corrected chi connectivity index (χ1v) is 7.55. The summed E-state index contributed by atoms with van der Waals surface area (Å²) in [6.07, 6.45) is 2.39. The molecule has 0 radical (unpaired) electrons. The van der Waals surface area contributed by atoms with Crippen LogP contribution in [0, 0.1) is 6.92 Å². The van der Waals surface area contributed by atoms with Crippen LogP contribution in [-0.4, -0.2) is 28.6 Å². The van der Waals surface area contributed by atoms with Gasteiger partial charge in [-0.25, -0.2) is 15.0 Å². The molecule has 1 N–H and O–H groups in total. The van der Waals surface area contributed by atoms with E-state index in [0.717, 1.165) is 23.5 Å². The van der Waals surface area contributed by atoms with Crippen molar-refractivity contribution in [3.63, 3.8) is 0 Å². The van der Waals surface area contributed by atoms with Crippen molar-refractivity contribution in [1.82, 2.24) is 15.0 Å². The Kier molecular flexibility index (Phi) is 4.89. The van der Waals surface area contributed by atoms with Gasteiger partial charge in [0.1, 0.15) is 12.1 Å². The third-order valence-corrected chi connectivity index (χ3v) is 4.07. The first kappa shape index (κ1) is 14.7. The molecule has 2 aromatic rings. The molecule has 0 unspecified atom stereocenters. The summed E-state index contributed by atoms with van der Waals surface area (Å²) in [5.74, 6) is 1.80. The quantitative estimate of drug-likeness (QED) is 0.886. The molecule has 20 heavy (non-hydrogen) atoms. The minimum absolute atomic E-state index is 0.304. The number of nitrogens with one attached hydrogen (secondary N) is 1. The molecular formula is C14H20N4OS. The van der Waals surface area contributed by atoms with Crippen LogP contribution in [0.15, 0.2) is 11.8 Å². The normalized spacial score (nSPS) is 10.8. The largest absolute Gasteiger partial charge is 0.477 e. The third-order valence-electron chi connectivity index (χ3n) is 3.07. The second-order valence-corrected chi connectivity index (χ2v) is 5.74. The summed E-state index contributed by atoms with van der Waals surface area (Å²) < 4.78 is 5.86. The van der Waals surface area contributed by atoms with Crippen LogP contribution in [0.4, 0.5) is 5.82 Å². The number of rotatable bonds is 6. The highest BCUT2D eigenvalue weighted by atomic mass is 32.1. The monoisotopic (exact) mass is 292 g/mol. The summed E-state index contributed by atoms with van der Waals surface area (Å²) >= 11 is 1.67. The minimum atomic E-state index is 0.304. The predicted octanol–water partition coefficient (Wildman–Crippen LogP) is 3.03. The second kappa shape index (κ2) is 6.65. The fourth-order valence-electron chi connectivity index (χ4n) is 2.02. The van der Waals surface area contributed by atoms with Crippen LogP contribution >= 0.6 is 11.3 Å². The molecule has 0 amide bonds. The van der Waals surface area contributed by atoms with Crippen molar-refractivity contribution in [2.24, 2.45) is 0 Å². The van der Waals surface area contributed by atoms with E-state index in [2.05, 4.69) is 34.1 Å². The Morgan fingerprint density at radius 1 is 1.30 bits per heavy atom. The zero-order valence-corrected chi connectivity index (χ0v) is 13.1. The molecule has 5 nitrogen and oxygen atoms in total. The molecule has 2 rings (SSSR count). The lowest BCUT2D eigenvalue weighted by atomic mass is 10.1. The van der Waals surface area contributed by atoms with E-state index in [1.807, 2.05) is 19.5 Å². The Bertz CT molecular complexity index is 568. The Morgan fingerprint density at radius 2 is 2.10 bits per heavy atom. The second-order valence-electron chi connectivity index (χ2n) is 4.81. The molecule has 0 bridgehead atoms. The number of hydrogen-bond donors (Lipinski definition) is 1. The van der Waals surface area contributed by atoms with Crippen LogP contribution in [0.1, 0.15) is 35.9 Å². The summed E-state index contributed by atoms with van der Waals surface area (Å²) in [4.78, 5) is 14.0. The first-order chi connectivity index (χ1) is 9.63. The van der Waals surface area contributed by atoms with Gasteiger partial charge in [0.25, 0.3) is 0 Å². The van der Waals surface area contributed by atoms with Crippen molar-refractivity contribution in [3.05, 3.63) is 28.0 Å². The van der Waals surface area contributed by atoms with E-state index in [-0.39, 0.29) is 0 Å². The van der Waals surface area contributed by atoms with Crippen LogP contribution < -0.4 is 10.1 Å². The zero-order chi connectivity index (χ0) is 14.5. The lowest BCUT2D eigenvalue weighted by Crippen LogP contribution is -2.09. The van der Waals surface area contributed by atoms with E-state index in [0.29, 0.717) is 18.4 Å². The number of hydrogen-bond acceptors (Lipinski definition) is 6. The highest BCUT2D eigenvalue weighted by Crippen LogP contribution is 2.29. The Balaban J connectivity index is 2.07. The standard InChI is InChI=1S/C14H20N4OS/c1-9(2)12-13(15-4)16-7-17-14(12)19-6-5-11-10(3)18-8-20-11/h7-9H,5-6H2,1-4H3,(H,15,16,17). The van der Waals surface area contributed by atoms with Gasteiger partial charge in [-0.3, -0.25) is 0 Å². The number of aromatic nitrogens is 3. The van der Waals surface area contributed by atoms with Gasteiger partial charge in [-0.15, -0.1) is 11.3 Å². The van der Waals surface area contributed by atoms with Crippen LogP contribution in [-0.2, 0) is 6.42 Å². The van der Waals surface area contributed by atoms with E-state index in [1.54, 1.807) is 11.3 Å². The fraction of sp³-hybridized carbons (Fsp3) is 0.500. The molecule has 0 saturated carbocycles. The van der Waals surface area contributed by atoms with Crippen molar-refractivity contribution < 1.29 is 4.74 Å². The molecule has 0 atom stereocenters. The summed E-state index contributed by atoms with van der Waals surface area (Å²) in [5.41, 5.74) is 3.98. The van der Waals surface area contributed by atoms with Crippen molar-refractivity contribution in [2.75, 3.05) is 19.0 Å². The maximum atomic E-state index is 5.86. The smallest absolute Gasteiger partial charge is 0.222 e. The maximum Gasteiger partial charge on any atom is 0.222 e. The molecule has 0 aromatic carbocycles. The number of anilines is 1. The Hall–Kier alpha value is -1.69. The summed E-state index contributed by atoms with van der Waals surface area (Å²) in [5, 5.41) is 3.09. The van der Waals surface area contributed by atoms with Gasteiger partial charge in [-0.1, -0.05) is 13.8 Å². The predicted molar refractivity (Wildman–Crippen MR) is 81.7 cm³/mol.